The normalized spacial score (nSPS) is 11.1. The summed E-state index contributed by atoms with van der Waals surface area (Å²) in [5.74, 6) is -0.183. The summed E-state index contributed by atoms with van der Waals surface area (Å²) in [7, 11) is 0. The number of halogens is 1. The van der Waals surface area contributed by atoms with Crippen molar-refractivity contribution in [2.75, 3.05) is 11.9 Å². The Morgan fingerprint density at radius 3 is 2.68 bits per heavy atom. The van der Waals surface area contributed by atoms with E-state index in [4.69, 9.17) is 0 Å². The number of amides is 1. The second-order valence-corrected chi connectivity index (χ2v) is 5.83. The smallest absolute Gasteiger partial charge is 0.259 e. The topological polar surface area (TPSA) is 53.5 Å². The maximum absolute atomic E-state index is 11.8. The number of aryl methyl sites for hydroxylation is 1. The fourth-order valence-corrected chi connectivity index (χ4v) is 2.31. The molecule has 0 aliphatic heterocycles. The van der Waals surface area contributed by atoms with Gasteiger partial charge in [-0.15, -0.1) is 0 Å². The van der Waals surface area contributed by atoms with Crippen molar-refractivity contribution in [2.24, 2.45) is 5.10 Å². The summed E-state index contributed by atoms with van der Waals surface area (Å²) < 4.78 is 0.979. The van der Waals surface area contributed by atoms with Crippen LogP contribution in [0.2, 0.25) is 0 Å². The molecule has 0 saturated heterocycles. The minimum atomic E-state index is -0.183. The number of carbonyl (C=O) groups is 1. The molecule has 0 saturated carbocycles. The van der Waals surface area contributed by atoms with Gasteiger partial charge in [0, 0.05) is 10.2 Å². The van der Waals surface area contributed by atoms with Gasteiger partial charge >= 0.3 is 0 Å². The summed E-state index contributed by atoms with van der Waals surface area (Å²) in [6.45, 7) is 4.03. The highest BCUT2D eigenvalue weighted by Crippen LogP contribution is 2.13. The molecule has 2 N–H and O–H groups in total. The molecule has 114 valence electrons. The average molecular weight is 360 g/mol. The van der Waals surface area contributed by atoms with Gasteiger partial charge in [0.1, 0.15) is 0 Å². The van der Waals surface area contributed by atoms with Gasteiger partial charge in [0.05, 0.1) is 12.3 Å². The van der Waals surface area contributed by atoms with Crippen molar-refractivity contribution in [1.82, 2.24) is 5.43 Å². The number of hydrazone groups is 1. The van der Waals surface area contributed by atoms with Gasteiger partial charge in [0.15, 0.2) is 0 Å². The lowest BCUT2D eigenvalue weighted by molar-refractivity contribution is -0.119. The molecule has 0 bridgehead atoms. The standard InChI is InChI=1S/C17H18BrN3O/c1-12-6-3-4-9-16(12)19-11-17(22)21-20-13(2)14-7-5-8-15(18)10-14/h3-10,19H,11H2,1-2H3,(H,21,22)/b20-13-. The van der Waals surface area contributed by atoms with Crippen LogP contribution < -0.4 is 10.7 Å². The molecule has 2 aromatic carbocycles. The second kappa shape index (κ2) is 7.75. The number of nitrogens with one attached hydrogen (secondary N) is 2. The molecule has 2 rings (SSSR count). The number of anilines is 1. The van der Waals surface area contributed by atoms with Crippen molar-refractivity contribution >= 4 is 33.2 Å². The third-order valence-corrected chi connectivity index (χ3v) is 3.67. The molecule has 0 atom stereocenters. The monoisotopic (exact) mass is 359 g/mol. The third kappa shape index (κ3) is 4.70. The lowest BCUT2D eigenvalue weighted by Gasteiger charge is -2.08. The van der Waals surface area contributed by atoms with Crippen LogP contribution in [0.3, 0.4) is 0 Å². The summed E-state index contributed by atoms with van der Waals surface area (Å²) >= 11 is 3.42. The van der Waals surface area contributed by atoms with Crippen molar-refractivity contribution in [2.45, 2.75) is 13.8 Å². The Morgan fingerprint density at radius 2 is 1.95 bits per heavy atom. The van der Waals surface area contributed by atoms with Crippen molar-refractivity contribution in [3.8, 4) is 0 Å². The first-order valence-electron chi connectivity index (χ1n) is 6.95. The molecule has 0 aliphatic rings. The predicted molar refractivity (Wildman–Crippen MR) is 94.2 cm³/mol. The molecule has 2 aromatic rings. The maximum Gasteiger partial charge on any atom is 0.259 e. The van der Waals surface area contributed by atoms with E-state index in [1.54, 1.807) is 0 Å². The van der Waals surface area contributed by atoms with E-state index < -0.39 is 0 Å². The molecular weight excluding hydrogens is 342 g/mol. The zero-order chi connectivity index (χ0) is 15.9. The van der Waals surface area contributed by atoms with E-state index >= 15 is 0 Å². The molecular formula is C17H18BrN3O. The quantitative estimate of drug-likeness (QED) is 0.631. The first kappa shape index (κ1) is 16.2. The van der Waals surface area contributed by atoms with E-state index in [0.29, 0.717) is 0 Å². The van der Waals surface area contributed by atoms with Gasteiger partial charge in [-0.3, -0.25) is 4.79 Å². The van der Waals surface area contributed by atoms with Crippen molar-refractivity contribution in [3.63, 3.8) is 0 Å². The zero-order valence-electron chi connectivity index (χ0n) is 12.6. The first-order valence-corrected chi connectivity index (χ1v) is 7.74. The largest absolute Gasteiger partial charge is 0.376 e. The number of hydrogen-bond acceptors (Lipinski definition) is 3. The molecule has 0 heterocycles. The first-order chi connectivity index (χ1) is 10.6. The van der Waals surface area contributed by atoms with Gasteiger partial charge in [0.25, 0.3) is 5.91 Å². The lowest BCUT2D eigenvalue weighted by atomic mass is 10.1. The van der Waals surface area contributed by atoms with E-state index in [1.165, 1.54) is 0 Å². The number of benzene rings is 2. The highest BCUT2D eigenvalue weighted by Gasteiger charge is 2.03. The van der Waals surface area contributed by atoms with Crippen LogP contribution in [-0.4, -0.2) is 18.2 Å². The summed E-state index contributed by atoms with van der Waals surface area (Å²) in [4.78, 5) is 11.8. The SMILES string of the molecule is C/C(=N/NC(=O)CNc1ccccc1C)c1cccc(Br)c1. The van der Waals surface area contributed by atoms with Gasteiger partial charge < -0.3 is 5.32 Å². The van der Waals surface area contributed by atoms with E-state index in [1.807, 2.05) is 62.4 Å². The highest BCUT2D eigenvalue weighted by atomic mass is 79.9. The van der Waals surface area contributed by atoms with Gasteiger partial charge in [-0.05, 0) is 43.2 Å². The number of carbonyl (C=O) groups excluding carboxylic acids is 1. The average Bonchev–Trinajstić information content (AvgIpc) is 2.52. The molecule has 22 heavy (non-hydrogen) atoms. The van der Waals surface area contributed by atoms with E-state index in [9.17, 15) is 4.79 Å². The Morgan fingerprint density at radius 1 is 1.18 bits per heavy atom. The van der Waals surface area contributed by atoms with Crippen LogP contribution in [0.5, 0.6) is 0 Å². The fraction of sp³-hybridized carbons (Fsp3) is 0.176. The van der Waals surface area contributed by atoms with E-state index in [2.05, 4.69) is 31.8 Å². The van der Waals surface area contributed by atoms with Crippen LogP contribution in [0.1, 0.15) is 18.1 Å². The molecule has 0 spiro atoms. The summed E-state index contributed by atoms with van der Waals surface area (Å²) in [5, 5.41) is 7.22. The van der Waals surface area contributed by atoms with Gasteiger partial charge in [0.2, 0.25) is 0 Å². The predicted octanol–water partition coefficient (Wildman–Crippen LogP) is 3.71. The van der Waals surface area contributed by atoms with Gasteiger partial charge in [-0.2, -0.15) is 5.10 Å². The van der Waals surface area contributed by atoms with Crippen LogP contribution in [-0.2, 0) is 4.79 Å². The Hall–Kier alpha value is -2.14. The summed E-state index contributed by atoms with van der Waals surface area (Å²) in [6, 6.07) is 15.6. The summed E-state index contributed by atoms with van der Waals surface area (Å²) in [6.07, 6.45) is 0. The summed E-state index contributed by atoms with van der Waals surface area (Å²) in [5.41, 5.74) is 6.33. The van der Waals surface area contributed by atoms with Crippen LogP contribution in [0, 0.1) is 6.92 Å². The molecule has 0 unspecified atom stereocenters. The Bertz CT molecular complexity index is 698. The fourth-order valence-electron chi connectivity index (χ4n) is 1.91. The van der Waals surface area contributed by atoms with Crippen LogP contribution in [0.25, 0.3) is 0 Å². The molecule has 5 heteroatoms. The van der Waals surface area contributed by atoms with Crippen LogP contribution >= 0.6 is 15.9 Å². The van der Waals surface area contributed by atoms with Crippen molar-refractivity contribution in [1.29, 1.82) is 0 Å². The zero-order valence-corrected chi connectivity index (χ0v) is 14.1. The number of nitrogens with zero attached hydrogens (tertiary/aromatic N) is 1. The number of hydrogen-bond donors (Lipinski definition) is 2. The Labute approximate surface area is 138 Å². The van der Waals surface area contributed by atoms with Crippen LogP contribution in [0.4, 0.5) is 5.69 Å². The number of rotatable bonds is 5. The molecule has 0 fully saturated rings. The Kier molecular flexibility index (Phi) is 5.72. The molecule has 0 radical (unpaired) electrons. The maximum atomic E-state index is 11.8. The lowest BCUT2D eigenvalue weighted by Crippen LogP contribution is -2.27. The van der Waals surface area contributed by atoms with E-state index in [-0.39, 0.29) is 12.5 Å². The molecule has 1 amide bonds. The van der Waals surface area contributed by atoms with E-state index in [0.717, 1.165) is 27.0 Å². The van der Waals surface area contributed by atoms with Gasteiger partial charge in [-0.1, -0.05) is 46.3 Å². The molecule has 0 aliphatic carbocycles. The number of para-hydroxylation sites is 1. The second-order valence-electron chi connectivity index (χ2n) is 4.91. The Balaban J connectivity index is 1.90. The third-order valence-electron chi connectivity index (χ3n) is 3.18. The van der Waals surface area contributed by atoms with Gasteiger partial charge in [-0.25, -0.2) is 5.43 Å². The van der Waals surface area contributed by atoms with Crippen LogP contribution in [0.15, 0.2) is 58.1 Å². The minimum Gasteiger partial charge on any atom is -0.376 e. The molecule has 0 aromatic heterocycles. The molecule has 4 nitrogen and oxygen atoms in total. The van der Waals surface area contributed by atoms with Crippen molar-refractivity contribution < 1.29 is 4.79 Å². The highest BCUT2D eigenvalue weighted by molar-refractivity contribution is 9.10. The van der Waals surface area contributed by atoms with Crippen molar-refractivity contribution in [3.05, 3.63) is 64.1 Å². The minimum absolute atomic E-state index is 0.181.